The van der Waals surface area contributed by atoms with Gasteiger partial charge < -0.3 is 15.1 Å². The van der Waals surface area contributed by atoms with Crippen LogP contribution in [0, 0.1) is 6.92 Å². The predicted octanol–water partition coefficient (Wildman–Crippen LogP) is 3.98. The SMILES string of the molecule is Cc1ccc(N(C)c2ccc3nc(NC(=O)NCCN4CCCC4)sc3n2)cc1. The van der Waals surface area contributed by atoms with E-state index in [1.807, 2.05) is 24.1 Å². The lowest BCUT2D eigenvalue weighted by Gasteiger charge is -2.18. The molecule has 1 saturated heterocycles. The Bertz CT molecular complexity index is 981. The highest BCUT2D eigenvalue weighted by Gasteiger charge is 2.13. The number of amides is 2. The molecule has 3 heterocycles. The van der Waals surface area contributed by atoms with E-state index in [1.165, 1.54) is 29.7 Å². The summed E-state index contributed by atoms with van der Waals surface area (Å²) < 4.78 is 0. The fraction of sp³-hybridized carbons (Fsp3) is 0.381. The van der Waals surface area contributed by atoms with Gasteiger partial charge in [0.05, 0.1) is 0 Å². The van der Waals surface area contributed by atoms with E-state index in [9.17, 15) is 4.79 Å². The summed E-state index contributed by atoms with van der Waals surface area (Å²) in [6, 6.07) is 12.0. The average Bonchev–Trinajstić information content (AvgIpc) is 3.36. The fourth-order valence-electron chi connectivity index (χ4n) is 3.42. The highest BCUT2D eigenvalue weighted by Crippen LogP contribution is 2.29. The van der Waals surface area contributed by atoms with E-state index in [-0.39, 0.29) is 6.03 Å². The number of nitrogens with one attached hydrogen (secondary N) is 2. The second-order valence-electron chi connectivity index (χ2n) is 7.34. The molecule has 1 aliphatic rings. The number of pyridine rings is 1. The van der Waals surface area contributed by atoms with E-state index in [4.69, 9.17) is 4.98 Å². The molecule has 2 aromatic heterocycles. The number of aryl methyl sites for hydroxylation is 1. The zero-order valence-corrected chi connectivity index (χ0v) is 17.6. The largest absolute Gasteiger partial charge is 0.337 e. The topological polar surface area (TPSA) is 73.4 Å². The summed E-state index contributed by atoms with van der Waals surface area (Å²) >= 11 is 1.38. The number of rotatable bonds is 6. The first-order valence-electron chi connectivity index (χ1n) is 9.94. The first-order chi connectivity index (χ1) is 14.1. The third kappa shape index (κ3) is 4.83. The van der Waals surface area contributed by atoms with Crippen molar-refractivity contribution in [3.05, 3.63) is 42.0 Å². The molecule has 3 aromatic rings. The quantitative estimate of drug-likeness (QED) is 0.643. The van der Waals surface area contributed by atoms with Crippen molar-refractivity contribution < 1.29 is 4.79 Å². The highest BCUT2D eigenvalue weighted by molar-refractivity contribution is 7.22. The van der Waals surface area contributed by atoms with Gasteiger partial charge in [0.25, 0.3) is 0 Å². The molecular formula is C21H26N6OS. The summed E-state index contributed by atoms with van der Waals surface area (Å²) in [6.45, 7) is 5.87. The Kier molecular flexibility index (Phi) is 5.92. The maximum absolute atomic E-state index is 12.1. The van der Waals surface area contributed by atoms with Gasteiger partial charge in [-0.05, 0) is 57.1 Å². The molecule has 0 bridgehead atoms. The number of aromatic nitrogens is 2. The molecule has 0 spiro atoms. The summed E-state index contributed by atoms with van der Waals surface area (Å²) in [4.78, 5) is 26.6. The number of carbonyl (C=O) groups excluding carboxylic acids is 1. The van der Waals surface area contributed by atoms with Crippen LogP contribution in [0.25, 0.3) is 10.3 Å². The Balaban J connectivity index is 1.38. The van der Waals surface area contributed by atoms with Gasteiger partial charge in [-0.3, -0.25) is 5.32 Å². The van der Waals surface area contributed by atoms with Crippen LogP contribution in [0.5, 0.6) is 0 Å². The molecule has 0 saturated carbocycles. The van der Waals surface area contributed by atoms with Crippen LogP contribution >= 0.6 is 11.3 Å². The van der Waals surface area contributed by atoms with Crippen molar-refractivity contribution in [3.63, 3.8) is 0 Å². The lowest BCUT2D eigenvalue weighted by atomic mass is 10.2. The van der Waals surface area contributed by atoms with Crippen LogP contribution in [0.1, 0.15) is 18.4 Å². The molecule has 0 radical (unpaired) electrons. The maximum Gasteiger partial charge on any atom is 0.321 e. The molecule has 0 unspecified atom stereocenters. The van der Waals surface area contributed by atoms with Gasteiger partial charge in [-0.2, -0.15) is 0 Å². The molecule has 1 fully saturated rings. The number of hydrogen-bond donors (Lipinski definition) is 2. The first kappa shape index (κ1) is 19.6. The zero-order valence-electron chi connectivity index (χ0n) is 16.8. The van der Waals surface area contributed by atoms with Gasteiger partial charge in [0, 0.05) is 25.8 Å². The molecule has 1 aromatic carbocycles. The number of nitrogens with zero attached hydrogens (tertiary/aromatic N) is 4. The van der Waals surface area contributed by atoms with E-state index in [0.717, 1.165) is 41.5 Å². The van der Waals surface area contributed by atoms with Gasteiger partial charge in [-0.25, -0.2) is 14.8 Å². The molecular weight excluding hydrogens is 384 g/mol. The lowest BCUT2D eigenvalue weighted by molar-refractivity contribution is 0.249. The molecule has 4 rings (SSSR count). The van der Waals surface area contributed by atoms with Gasteiger partial charge in [-0.1, -0.05) is 29.0 Å². The van der Waals surface area contributed by atoms with Crippen molar-refractivity contribution >= 4 is 44.4 Å². The number of thiazole rings is 1. The fourth-order valence-corrected chi connectivity index (χ4v) is 4.25. The Morgan fingerprint density at radius 2 is 1.90 bits per heavy atom. The summed E-state index contributed by atoms with van der Waals surface area (Å²) in [5.41, 5.74) is 3.08. The molecule has 29 heavy (non-hydrogen) atoms. The summed E-state index contributed by atoms with van der Waals surface area (Å²) in [5, 5.41) is 6.29. The van der Waals surface area contributed by atoms with Crippen molar-refractivity contribution in [1.29, 1.82) is 0 Å². The van der Waals surface area contributed by atoms with Crippen molar-refractivity contribution in [2.24, 2.45) is 0 Å². The number of urea groups is 1. The predicted molar refractivity (Wildman–Crippen MR) is 119 cm³/mol. The van der Waals surface area contributed by atoms with E-state index in [1.54, 1.807) is 0 Å². The highest BCUT2D eigenvalue weighted by atomic mass is 32.1. The van der Waals surface area contributed by atoms with Crippen LogP contribution in [-0.4, -0.2) is 54.1 Å². The maximum atomic E-state index is 12.1. The standard InChI is InChI=1S/C21H26N6OS/c1-15-5-7-16(8-6-15)26(2)18-10-9-17-19(24-18)29-21(23-17)25-20(28)22-11-14-27-12-3-4-13-27/h5-10H,3-4,11-14H2,1-2H3,(H2,22,23,25,28). The van der Waals surface area contributed by atoms with Crippen molar-refractivity contribution in [2.45, 2.75) is 19.8 Å². The van der Waals surface area contributed by atoms with E-state index in [0.29, 0.717) is 11.7 Å². The van der Waals surface area contributed by atoms with Gasteiger partial charge in [-0.15, -0.1) is 0 Å². The second-order valence-corrected chi connectivity index (χ2v) is 8.31. The zero-order chi connectivity index (χ0) is 20.2. The van der Waals surface area contributed by atoms with Crippen molar-refractivity contribution in [3.8, 4) is 0 Å². The van der Waals surface area contributed by atoms with Crippen molar-refractivity contribution in [1.82, 2.24) is 20.2 Å². The molecule has 1 aliphatic heterocycles. The number of anilines is 3. The van der Waals surface area contributed by atoms with Crippen LogP contribution in [-0.2, 0) is 0 Å². The molecule has 8 heteroatoms. The minimum absolute atomic E-state index is 0.222. The smallest absolute Gasteiger partial charge is 0.321 e. The third-order valence-electron chi connectivity index (χ3n) is 5.14. The summed E-state index contributed by atoms with van der Waals surface area (Å²) in [6.07, 6.45) is 2.51. The van der Waals surface area contributed by atoms with Crippen LogP contribution in [0.4, 0.5) is 21.4 Å². The Hall–Kier alpha value is -2.71. The normalized spacial score (nSPS) is 14.3. The second kappa shape index (κ2) is 8.75. The van der Waals surface area contributed by atoms with Crippen LogP contribution < -0.4 is 15.5 Å². The van der Waals surface area contributed by atoms with Crippen LogP contribution in [0.15, 0.2) is 36.4 Å². The van der Waals surface area contributed by atoms with Crippen LogP contribution in [0.2, 0.25) is 0 Å². The van der Waals surface area contributed by atoms with Gasteiger partial charge >= 0.3 is 6.03 Å². The average molecular weight is 411 g/mol. The van der Waals surface area contributed by atoms with E-state index >= 15 is 0 Å². The minimum atomic E-state index is -0.222. The number of likely N-dealkylation sites (tertiary alicyclic amines) is 1. The minimum Gasteiger partial charge on any atom is -0.337 e. The Morgan fingerprint density at radius 3 is 2.66 bits per heavy atom. The summed E-state index contributed by atoms with van der Waals surface area (Å²) in [7, 11) is 1.99. The Morgan fingerprint density at radius 1 is 1.14 bits per heavy atom. The van der Waals surface area contributed by atoms with Crippen LogP contribution in [0.3, 0.4) is 0 Å². The third-order valence-corrected chi connectivity index (χ3v) is 6.02. The molecule has 2 N–H and O–H groups in total. The van der Waals surface area contributed by atoms with Gasteiger partial charge in [0.1, 0.15) is 16.2 Å². The molecule has 152 valence electrons. The molecule has 0 aliphatic carbocycles. The van der Waals surface area contributed by atoms with Gasteiger partial charge in [0.2, 0.25) is 0 Å². The number of carbonyl (C=O) groups is 1. The number of benzene rings is 1. The van der Waals surface area contributed by atoms with Crippen molar-refractivity contribution in [2.75, 3.05) is 43.4 Å². The number of hydrogen-bond acceptors (Lipinski definition) is 6. The Labute approximate surface area is 174 Å². The number of fused-ring (bicyclic) bond motifs is 1. The molecule has 2 amide bonds. The van der Waals surface area contributed by atoms with E-state index in [2.05, 4.69) is 51.7 Å². The summed E-state index contributed by atoms with van der Waals surface area (Å²) in [5.74, 6) is 0.839. The molecule has 7 nitrogen and oxygen atoms in total. The monoisotopic (exact) mass is 410 g/mol. The van der Waals surface area contributed by atoms with Gasteiger partial charge in [0.15, 0.2) is 5.13 Å². The first-order valence-corrected chi connectivity index (χ1v) is 10.8. The lowest BCUT2D eigenvalue weighted by Crippen LogP contribution is -2.35. The molecule has 0 atom stereocenters. The van der Waals surface area contributed by atoms with E-state index < -0.39 is 0 Å².